The Kier molecular flexibility index (Phi) is 4.26. The van der Waals surface area contributed by atoms with Gasteiger partial charge in [0.25, 0.3) is 0 Å². The molecule has 94 valence electrons. The van der Waals surface area contributed by atoms with Crippen LogP contribution in [0.25, 0.3) is 0 Å². The van der Waals surface area contributed by atoms with Crippen LogP contribution in [0.1, 0.15) is 32.6 Å². The topological polar surface area (TPSA) is 38.7 Å². The van der Waals surface area contributed by atoms with Gasteiger partial charge in [0, 0.05) is 0 Å². The predicted molar refractivity (Wildman–Crippen MR) is 66.5 cm³/mol. The van der Waals surface area contributed by atoms with E-state index in [9.17, 15) is 5.11 Å². The fourth-order valence-corrected chi connectivity index (χ4v) is 2.05. The van der Waals surface area contributed by atoms with Gasteiger partial charge in [0.1, 0.15) is 17.6 Å². The van der Waals surface area contributed by atoms with Crippen molar-refractivity contribution in [1.82, 2.24) is 0 Å². The fourth-order valence-electron chi connectivity index (χ4n) is 2.05. The molecule has 0 aromatic heterocycles. The van der Waals surface area contributed by atoms with Crippen LogP contribution in [0.3, 0.4) is 0 Å². The maximum absolute atomic E-state index is 9.67. The summed E-state index contributed by atoms with van der Waals surface area (Å²) in [6.07, 6.45) is 3.48. The lowest BCUT2D eigenvalue weighted by Crippen LogP contribution is -2.25. The zero-order valence-electron chi connectivity index (χ0n) is 10.3. The first-order chi connectivity index (χ1) is 8.29. The molecule has 3 nitrogen and oxygen atoms in total. The molecule has 2 atom stereocenters. The minimum Gasteiger partial charge on any atom is -0.494 e. The second-order valence-electron chi connectivity index (χ2n) is 4.47. The Morgan fingerprint density at radius 3 is 2.47 bits per heavy atom. The van der Waals surface area contributed by atoms with Crippen LogP contribution < -0.4 is 9.47 Å². The van der Waals surface area contributed by atoms with E-state index in [1.54, 1.807) is 0 Å². The van der Waals surface area contributed by atoms with E-state index in [2.05, 4.69) is 6.92 Å². The van der Waals surface area contributed by atoms with E-state index in [4.69, 9.17) is 9.47 Å². The van der Waals surface area contributed by atoms with E-state index in [0.717, 1.165) is 43.8 Å². The second-order valence-corrected chi connectivity index (χ2v) is 4.47. The highest BCUT2D eigenvalue weighted by atomic mass is 16.5. The molecule has 17 heavy (non-hydrogen) atoms. The molecule has 0 amide bonds. The van der Waals surface area contributed by atoms with Gasteiger partial charge in [-0.15, -0.1) is 0 Å². The number of hydrogen-bond acceptors (Lipinski definition) is 3. The Bertz CT molecular complexity index is 334. The molecule has 0 bridgehead atoms. The van der Waals surface area contributed by atoms with E-state index in [1.807, 2.05) is 24.3 Å². The van der Waals surface area contributed by atoms with Crippen LogP contribution in [0.4, 0.5) is 0 Å². The zero-order valence-corrected chi connectivity index (χ0v) is 10.3. The maximum atomic E-state index is 9.67. The van der Waals surface area contributed by atoms with E-state index >= 15 is 0 Å². The van der Waals surface area contributed by atoms with Gasteiger partial charge in [-0.25, -0.2) is 0 Å². The third-order valence-electron chi connectivity index (χ3n) is 3.00. The molecule has 0 spiro atoms. The van der Waals surface area contributed by atoms with Gasteiger partial charge in [-0.05, 0) is 49.9 Å². The summed E-state index contributed by atoms with van der Waals surface area (Å²) in [4.78, 5) is 0. The molecule has 0 heterocycles. The largest absolute Gasteiger partial charge is 0.494 e. The van der Waals surface area contributed by atoms with Crippen LogP contribution in [0.5, 0.6) is 11.5 Å². The average molecular weight is 236 g/mol. The number of aliphatic hydroxyl groups is 1. The number of aliphatic hydroxyl groups excluding tert-OH is 1. The highest BCUT2D eigenvalue weighted by Gasteiger charge is 2.26. The molecule has 0 radical (unpaired) electrons. The molecule has 3 heteroatoms. The quantitative estimate of drug-likeness (QED) is 0.854. The lowest BCUT2D eigenvalue weighted by atomic mass is 10.2. The summed E-state index contributed by atoms with van der Waals surface area (Å²) in [5.41, 5.74) is 0. The fraction of sp³-hybridized carbons (Fsp3) is 0.571. The van der Waals surface area contributed by atoms with Crippen molar-refractivity contribution in [3.05, 3.63) is 24.3 Å². The van der Waals surface area contributed by atoms with Crippen molar-refractivity contribution in [2.24, 2.45) is 0 Å². The van der Waals surface area contributed by atoms with Crippen LogP contribution in [0, 0.1) is 0 Å². The summed E-state index contributed by atoms with van der Waals surface area (Å²) in [5, 5.41) is 9.67. The number of hydrogen-bond donors (Lipinski definition) is 1. The highest BCUT2D eigenvalue weighted by molar-refractivity contribution is 5.31. The highest BCUT2D eigenvalue weighted by Crippen LogP contribution is 2.25. The monoisotopic (exact) mass is 236 g/mol. The molecular weight excluding hydrogens is 216 g/mol. The third kappa shape index (κ3) is 3.37. The Morgan fingerprint density at radius 1 is 1.18 bits per heavy atom. The van der Waals surface area contributed by atoms with E-state index < -0.39 is 0 Å². The van der Waals surface area contributed by atoms with Crippen molar-refractivity contribution in [3.8, 4) is 11.5 Å². The first-order valence-electron chi connectivity index (χ1n) is 6.37. The SMILES string of the molecule is CCCOc1ccc(O[C@H]2CCC[C@@H]2O)cc1. The van der Waals surface area contributed by atoms with Crippen molar-refractivity contribution in [2.45, 2.75) is 44.8 Å². The Labute approximate surface area is 102 Å². The summed E-state index contributed by atoms with van der Waals surface area (Å²) in [6.45, 7) is 2.82. The zero-order chi connectivity index (χ0) is 12.1. The van der Waals surface area contributed by atoms with Crippen molar-refractivity contribution < 1.29 is 14.6 Å². The lowest BCUT2D eigenvalue weighted by Gasteiger charge is -2.17. The molecule has 0 saturated heterocycles. The van der Waals surface area contributed by atoms with E-state index in [-0.39, 0.29) is 12.2 Å². The first-order valence-corrected chi connectivity index (χ1v) is 6.37. The summed E-state index contributed by atoms with van der Waals surface area (Å²) >= 11 is 0. The summed E-state index contributed by atoms with van der Waals surface area (Å²) in [6, 6.07) is 7.62. The van der Waals surface area contributed by atoms with Gasteiger partial charge in [-0.3, -0.25) is 0 Å². The molecule has 1 fully saturated rings. The smallest absolute Gasteiger partial charge is 0.124 e. The normalized spacial score (nSPS) is 23.6. The van der Waals surface area contributed by atoms with Crippen LogP contribution in [-0.4, -0.2) is 23.9 Å². The van der Waals surface area contributed by atoms with Gasteiger partial charge >= 0.3 is 0 Å². The Balaban J connectivity index is 1.89. The molecule has 1 aromatic carbocycles. The average Bonchev–Trinajstić information content (AvgIpc) is 2.74. The van der Waals surface area contributed by atoms with Crippen molar-refractivity contribution in [1.29, 1.82) is 0 Å². The van der Waals surface area contributed by atoms with Crippen LogP contribution >= 0.6 is 0 Å². The van der Waals surface area contributed by atoms with Gasteiger partial charge in [0.15, 0.2) is 0 Å². The van der Waals surface area contributed by atoms with Crippen LogP contribution in [-0.2, 0) is 0 Å². The molecule has 1 N–H and O–H groups in total. The molecule has 0 unspecified atom stereocenters. The lowest BCUT2D eigenvalue weighted by molar-refractivity contribution is 0.0603. The molecule has 2 rings (SSSR count). The summed E-state index contributed by atoms with van der Waals surface area (Å²) in [7, 11) is 0. The van der Waals surface area contributed by atoms with Gasteiger partial charge in [0.2, 0.25) is 0 Å². The van der Waals surface area contributed by atoms with Crippen LogP contribution in [0.15, 0.2) is 24.3 Å². The number of rotatable bonds is 5. The second kappa shape index (κ2) is 5.92. The van der Waals surface area contributed by atoms with Crippen molar-refractivity contribution in [3.63, 3.8) is 0 Å². The number of benzene rings is 1. The van der Waals surface area contributed by atoms with Crippen molar-refractivity contribution >= 4 is 0 Å². The van der Waals surface area contributed by atoms with Crippen molar-refractivity contribution in [2.75, 3.05) is 6.61 Å². The molecule has 1 saturated carbocycles. The maximum Gasteiger partial charge on any atom is 0.124 e. The molecule has 1 aliphatic rings. The number of ether oxygens (including phenoxy) is 2. The van der Waals surface area contributed by atoms with E-state index in [1.165, 1.54) is 0 Å². The van der Waals surface area contributed by atoms with Crippen LogP contribution in [0.2, 0.25) is 0 Å². The third-order valence-corrected chi connectivity index (χ3v) is 3.00. The van der Waals surface area contributed by atoms with Gasteiger partial charge < -0.3 is 14.6 Å². The summed E-state index contributed by atoms with van der Waals surface area (Å²) in [5.74, 6) is 1.67. The minimum atomic E-state index is -0.314. The molecular formula is C14H20O3. The Morgan fingerprint density at radius 2 is 1.88 bits per heavy atom. The Hall–Kier alpha value is -1.22. The first kappa shape index (κ1) is 12.2. The molecule has 1 aromatic rings. The summed E-state index contributed by atoms with van der Waals surface area (Å²) < 4.78 is 11.2. The minimum absolute atomic E-state index is 0.0441. The standard InChI is InChI=1S/C14H20O3/c1-2-10-16-11-6-8-12(9-7-11)17-14-5-3-4-13(14)15/h6-9,13-15H,2-5,10H2,1H3/t13-,14-/m0/s1. The van der Waals surface area contributed by atoms with Gasteiger partial charge in [-0.1, -0.05) is 6.92 Å². The predicted octanol–water partition coefficient (Wildman–Crippen LogP) is 2.77. The van der Waals surface area contributed by atoms with Gasteiger partial charge in [0.05, 0.1) is 12.7 Å². The molecule has 0 aliphatic heterocycles. The van der Waals surface area contributed by atoms with Gasteiger partial charge in [-0.2, -0.15) is 0 Å². The molecule has 1 aliphatic carbocycles. The van der Waals surface area contributed by atoms with E-state index in [0.29, 0.717) is 0 Å².